The summed E-state index contributed by atoms with van der Waals surface area (Å²) in [5.74, 6) is -2.31. The van der Waals surface area contributed by atoms with Gasteiger partial charge in [-0.3, -0.25) is 14.4 Å². The van der Waals surface area contributed by atoms with Crippen LogP contribution in [0.25, 0.3) is 0 Å². The molecule has 0 aliphatic heterocycles. The first kappa shape index (κ1) is 22.4. The lowest BCUT2D eigenvalue weighted by molar-refractivity contribution is -0.862. The third-order valence-electron chi connectivity index (χ3n) is 3.18. The molecule has 0 saturated heterocycles. The molecular weight excluding hydrogens is 315 g/mol. The maximum absolute atomic E-state index is 11.9. The van der Waals surface area contributed by atoms with Crippen molar-refractivity contribution in [2.24, 2.45) is 5.92 Å². The van der Waals surface area contributed by atoms with Crippen LogP contribution < -0.4 is 16.0 Å². The molecule has 0 radical (unpaired) electrons. The molecule has 2 unspecified atom stereocenters. The van der Waals surface area contributed by atoms with Crippen molar-refractivity contribution in [3.05, 3.63) is 0 Å². The molecule has 10 heteroatoms. The number of quaternary nitrogens is 1. The van der Waals surface area contributed by atoms with Crippen LogP contribution in [0, 0.1) is 5.92 Å². The van der Waals surface area contributed by atoms with Gasteiger partial charge < -0.3 is 30.5 Å². The molecule has 0 bridgehead atoms. The molecular formula is C14H30BN4O5+. The summed E-state index contributed by atoms with van der Waals surface area (Å²) in [4.78, 5) is 35.4. The topological polar surface area (TPSA) is 128 Å². The second-order valence-electron chi connectivity index (χ2n) is 7.21. The number of hydrogen-bond donors (Lipinski definition) is 5. The van der Waals surface area contributed by atoms with E-state index in [0.717, 1.165) is 0 Å². The number of carbonyl (C=O) groups is 3. The molecule has 0 aliphatic rings. The molecule has 2 atom stereocenters. The van der Waals surface area contributed by atoms with E-state index in [1.165, 1.54) is 6.92 Å². The van der Waals surface area contributed by atoms with Crippen LogP contribution in [0.15, 0.2) is 0 Å². The standard InChI is InChI=1S/C14H29BN4O5/c1-9(2)13(15(23)24)18-11(20)7-16-14(22)10(3)17-12(21)8-19(4,5)6/h9-10,13,23-24H,7-8H2,1-6H3,(H2-,16,17,18,20,21,22)/p+1. The van der Waals surface area contributed by atoms with Gasteiger partial charge in [0, 0.05) is 0 Å². The van der Waals surface area contributed by atoms with Gasteiger partial charge in [-0.2, -0.15) is 0 Å². The Labute approximate surface area is 143 Å². The fourth-order valence-electron chi connectivity index (χ4n) is 1.93. The summed E-state index contributed by atoms with van der Waals surface area (Å²) in [6, 6.07) is -0.777. The summed E-state index contributed by atoms with van der Waals surface area (Å²) in [5.41, 5.74) is 0. The second-order valence-corrected chi connectivity index (χ2v) is 7.21. The SMILES string of the molecule is CC(NC(=O)C[N+](C)(C)C)C(=O)NCC(=O)NC(B(O)O)C(C)C. The van der Waals surface area contributed by atoms with E-state index in [1.807, 2.05) is 21.1 Å². The summed E-state index contributed by atoms with van der Waals surface area (Å²) in [6.45, 7) is 4.89. The molecule has 0 fully saturated rings. The van der Waals surface area contributed by atoms with Gasteiger partial charge in [0.25, 0.3) is 5.91 Å². The van der Waals surface area contributed by atoms with Crippen LogP contribution in [-0.2, 0) is 14.4 Å². The Hall–Kier alpha value is -1.65. The Kier molecular flexibility index (Phi) is 8.94. The van der Waals surface area contributed by atoms with Crippen LogP contribution in [0.3, 0.4) is 0 Å². The molecule has 0 aromatic heterocycles. The zero-order chi connectivity index (χ0) is 19.1. The van der Waals surface area contributed by atoms with E-state index in [1.54, 1.807) is 13.8 Å². The van der Waals surface area contributed by atoms with Crippen molar-refractivity contribution < 1.29 is 28.9 Å². The minimum atomic E-state index is -1.68. The van der Waals surface area contributed by atoms with Gasteiger partial charge in [-0.1, -0.05) is 13.8 Å². The summed E-state index contributed by atoms with van der Waals surface area (Å²) < 4.78 is 0.433. The molecule has 24 heavy (non-hydrogen) atoms. The van der Waals surface area contributed by atoms with Crippen molar-refractivity contribution >= 4 is 24.8 Å². The Morgan fingerprint density at radius 3 is 1.96 bits per heavy atom. The van der Waals surface area contributed by atoms with E-state index in [-0.39, 0.29) is 24.9 Å². The largest absolute Gasteiger partial charge is 0.475 e. The summed E-state index contributed by atoms with van der Waals surface area (Å²) >= 11 is 0. The van der Waals surface area contributed by atoms with E-state index in [2.05, 4.69) is 16.0 Å². The molecule has 3 amide bonds. The Balaban J connectivity index is 4.32. The molecule has 0 heterocycles. The molecule has 0 rings (SSSR count). The summed E-state index contributed by atoms with van der Waals surface area (Å²) in [5, 5.41) is 25.8. The van der Waals surface area contributed by atoms with Crippen LogP contribution in [-0.4, -0.2) is 85.6 Å². The van der Waals surface area contributed by atoms with Gasteiger partial charge in [0.1, 0.15) is 6.04 Å². The quantitative estimate of drug-likeness (QED) is 0.233. The number of hydrogen-bond acceptors (Lipinski definition) is 5. The fourth-order valence-corrected chi connectivity index (χ4v) is 1.93. The first-order valence-corrected chi connectivity index (χ1v) is 7.86. The maximum Gasteiger partial charge on any atom is 0.475 e. The van der Waals surface area contributed by atoms with Crippen molar-refractivity contribution in [2.75, 3.05) is 34.2 Å². The minimum Gasteiger partial charge on any atom is -0.426 e. The van der Waals surface area contributed by atoms with Crippen LogP contribution in [0.4, 0.5) is 0 Å². The van der Waals surface area contributed by atoms with Crippen LogP contribution in [0.5, 0.6) is 0 Å². The van der Waals surface area contributed by atoms with Crippen molar-refractivity contribution in [1.29, 1.82) is 0 Å². The Bertz CT molecular complexity index is 443. The van der Waals surface area contributed by atoms with Crippen LogP contribution >= 0.6 is 0 Å². The van der Waals surface area contributed by atoms with Gasteiger partial charge in [-0.15, -0.1) is 0 Å². The van der Waals surface area contributed by atoms with E-state index in [9.17, 15) is 24.4 Å². The third-order valence-corrected chi connectivity index (χ3v) is 3.18. The molecule has 0 aliphatic carbocycles. The predicted molar refractivity (Wildman–Crippen MR) is 90.5 cm³/mol. The van der Waals surface area contributed by atoms with E-state index >= 15 is 0 Å². The van der Waals surface area contributed by atoms with E-state index in [0.29, 0.717) is 4.48 Å². The van der Waals surface area contributed by atoms with Crippen LogP contribution in [0.2, 0.25) is 0 Å². The maximum atomic E-state index is 11.9. The third kappa shape index (κ3) is 9.48. The molecule has 5 N–H and O–H groups in total. The minimum absolute atomic E-state index is 0.182. The average Bonchev–Trinajstić information content (AvgIpc) is 2.38. The van der Waals surface area contributed by atoms with Gasteiger partial charge >= 0.3 is 7.12 Å². The molecule has 0 spiro atoms. The summed E-state index contributed by atoms with van der Waals surface area (Å²) in [6.07, 6.45) is 0. The lowest BCUT2D eigenvalue weighted by Gasteiger charge is -2.24. The first-order chi connectivity index (χ1) is 10.8. The van der Waals surface area contributed by atoms with E-state index in [4.69, 9.17) is 0 Å². The number of nitrogens with zero attached hydrogens (tertiary/aromatic N) is 1. The highest BCUT2D eigenvalue weighted by atomic mass is 16.4. The van der Waals surface area contributed by atoms with Crippen molar-refractivity contribution in [1.82, 2.24) is 16.0 Å². The highest BCUT2D eigenvalue weighted by molar-refractivity contribution is 6.43. The predicted octanol–water partition coefficient (Wildman–Crippen LogP) is -2.53. The van der Waals surface area contributed by atoms with Crippen molar-refractivity contribution in [3.63, 3.8) is 0 Å². The lowest BCUT2D eigenvalue weighted by atomic mass is 9.73. The molecule has 0 saturated carbocycles. The van der Waals surface area contributed by atoms with E-state index < -0.39 is 30.9 Å². The number of carbonyl (C=O) groups excluding carboxylic acids is 3. The number of nitrogens with one attached hydrogen (secondary N) is 3. The number of likely N-dealkylation sites (N-methyl/N-ethyl adjacent to an activating group) is 1. The monoisotopic (exact) mass is 345 g/mol. The first-order valence-electron chi connectivity index (χ1n) is 7.86. The Morgan fingerprint density at radius 1 is 1.00 bits per heavy atom. The zero-order valence-corrected chi connectivity index (χ0v) is 15.3. The highest BCUT2D eigenvalue weighted by Gasteiger charge is 2.28. The van der Waals surface area contributed by atoms with Gasteiger partial charge in [0.2, 0.25) is 11.8 Å². The average molecular weight is 345 g/mol. The van der Waals surface area contributed by atoms with Gasteiger partial charge in [0.15, 0.2) is 6.54 Å². The van der Waals surface area contributed by atoms with Crippen LogP contribution in [0.1, 0.15) is 20.8 Å². The lowest BCUT2D eigenvalue weighted by Crippen LogP contribution is -2.54. The summed E-state index contributed by atoms with van der Waals surface area (Å²) in [7, 11) is 3.89. The van der Waals surface area contributed by atoms with Gasteiger partial charge in [0.05, 0.1) is 33.6 Å². The normalized spacial score (nSPS) is 13.9. The Morgan fingerprint density at radius 2 is 1.54 bits per heavy atom. The van der Waals surface area contributed by atoms with Crippen molar-refractivity contribution in [2.45, 2.75) is 32.8 Å². The van der Waals surface area contributed by atoms with Crippen molar-refractivity contribution in [3.8, 4) is 0 Å². The van der Waals surface area contributed by atoms with Gasteiger partial charge in [-0.05, 0) is 12.8 Å². The smallest absolute Gasteiger partial charge is 0.426 e. The highest BCUT2D eigenvalue weighted by Crippen LogP contribution is 2.02. The zero-order valence-electron chi connectivity index (χ0n) is 15.3. The number of rotatable bonds is 9. The fraction of sp³-hybridized carbons (Fsp3) is 0.786. The molecule has 9 nitrogen and oxygen atoms in total. The van der Waals surface area contributed by atoms with Gasteiger partial charge in [-0.25, -0.2) is 0 Å². The molecule has 0 aromatic carbocycles. The number of amides is 3. The second kappa shape index (κ2) is 9.60. The molecule has 138 valence electrons. The molecule has 0 aromatic rings.